The average Bonchev–Trinajstić information content (AvgIpc) is 2.91. The molecule has 3 N–H and O–H groups in total. The number of ether oxygens (including phenoxy) is 2. The summed E-state index contributed by atoms with van der Waals surface area (Å²) in [6.45, 7) is 4.28. The van der Waals surface area contributed by atoms with E-state index in [9.17, 15) is 9.59 Å². The SMILES string of the molecule is CC[C@H](C)[C@H](NC(=O)[C@@H]1CC[C@H](CN)O1)C(=O)OC. The number of esters is 1. The van der Waals surface area contributed by atoms with Gasteiger partial charge in [0.1, 0.15) is 12.1 Å². The predicted octanol–water partition coefficient (Wildman–Crippen LogP) is 0.197. The van der Waals surface area contributed by atoms with Gasteiger partial charge < -0.3 is 20.5 Å². The Balaban J connectivity index is 2.59. The largest absolute Gasteiger partial charge is 0.467 e. The Morgan fingerprint density at radius 1 is 1.47 bits per heavy atom. The summed E-state index contributed by atoms with van der Waals surface area (Å²) in [6, 6.07) is -0.622. The van der Waals surface area contributed by atoms with Crippen molar-refractivity contribution < 1.29 is 19.1 Å². The van der Waals surface area contributed by atoms with Crippen molar-refractivity contribution >= 4 is 11.9 Å². The minimum Gasteiger partial charge on any atom is -0.467 e. The smallest absolute Gasteiger partial charge is 0.328 e. The van der Waals surface area contributed by atoms with E-state index in [1.165, 1.54) is 7.11 Å². The Morgan fingerprint density at radius 2 is 2.16 bits per heavy atom. The molecule has 0 spiro atoms. The lowest BCUT2D eigenvalue weighted by Crippen LogP contribution is -2.49. The molecule has 0 saturated carbocycles. The highest BCUT2D eigenvalue weighted by molar-refractivity contribution is 5.87. The quantitative estimate of drug-likeness (QED) is 0.674. The van der Waals surface area contributed by atoms with Gasteiger partial charge in [0, 0.05) is 6.54 Å². The Morgan fingerprint density at radius 3 is 2.63 bits per heavy atom. The fourth-order valence-electron chi connectivity index (χ4n) is 2.11. The summed E-state index contributed by atoms with van der Waals surface area (Å²) < 4.78 is 10.2. The number of hydrogen-bond donors (Lipinski definition) is 2. The van der Waals surface area contributed by atoms with Crippen LogP contribution in [0.1, 0.15) is 33.1 Å². The van der Waals surface area contributed by atoms with Crippen molar-refractivity contribution in [2.75, 3.05) is 13.7 Å². The Kier molecular flexibility index (Phi) is 6.24. The maximum atomic E-state index is 12.1. The number of rotatable bonds is 6. The maximum absolute atomic E-state index is 12.1. The lowest BCUT2D eigenvalue weighted by Gasteiger charge is -2.23. The molecule has 0 unspecified atom stereocenters. The second-order valence-corrected chi connectivity index (χ2v) is 4.95. The molecule has 0 aliphatic carbocycles. The Labute approximate surface area is 114 Å². The highest BCUT2D eigenvalue weighted by Crippen LogP contribution is 2.19. The first-order valence-corrected chi connectivity index (χ1v) is 6.77. The first-order valence-electron chi connectivity index (χ1n) is 6.77. The third kappa shape index (κ3) is 4.18. The van der Waals surface area contributed by atoms with E-state index in [0.29, 0.717) is 13.0 Å². The van der Waals surface area contributed by atoms with Gasteiger partial charge in [-0.05, 0) is 18.8 Å². The van der Waals surface area contributed by atoms with Crippen LogP contribution in [0.4, 0.5) is 0 Å². The van der Waals surface area contributed by atoms with Gasteiger partial charge in [0.05, 0.1) is 13.2 Å². The van der Waals surface area contributed by atoms with E-state index in [-0.39, 0.29) is 17.9 Å². The zero-order valence-electron chi connectivity index (χ0n) is 11.8. The summed E-state index contributed by atoms with van der Waals surface area (Å²) >= 11 is 0. The Bertz CT molecular complexity index is 322. The molecule has 6 heteroatoms. The minimum absolute atomic E-state index is 0.0168. The van der Waals surface area contributed by atoms with Crippen LogP contribution in [-0.2, 0) is 19.1 Å². The van der Waals surface area contributed by atoms with Crippen LogP contribution in [0.25, 0.3) is 0 Å². The fraction of sp³-hybridized carbons (Fsp3) is 0.846. The number of hydrogen-bond acceptors (Lipinski definition) is 5. The van der Waals surface area contributed by atoms with Crippen LogP contribution in [-0.4, -0.2) is 43.8 Å². The van der Waals surface area contributed by atoms with Crippen LogP contribution in [0.3, 0.4) is 0 Å². The average molecular weight is 272 g/mol. The minimum atomic E-state index is -0.622. The second-order valence-electron chi connectivity index (χ2n) is 4.95. The summed E-state index contributed by atoms with van der Waals surface area (Å²) in [5.74, 6) is -0.661. The van der Waals surface area contributed by atoms with Crippen LogP contribution in [0, 0.1) is 5.92 Å². The Hall–Kier alpha value is -1.14. The molecule has 0 aromatic carbocycles. The molecule has 1 heterocycles. The third-order valence-electron chi connectivity index (χ3n) is 3.63. The summed E-state index contributed by atoms with van der Waals surface area (Å²) in [4.78, 5) is 23.8. The van der Waals surface area contributed by atoms with E-state index in [0.717, 1.165) is 12.8 Å². The van der Waals surface area contributed by atoms with Gasteiger partial charge >= 0.3 is 5.97 Å². The van der Waals surface area contributed by atoms with Crippen molar-refractivity contribution in [2.24, 2.45) is 11.7 Å². The topological polar surface area (TPSA) is 90.7 Å². The van der Waals surface area contributed by atoms with Crippen molar-refractivity contribution in [3.05, 3.63) is 0 Å². The lowest BCUT2D eigenvalue weighted by atomic mass is 9.99. The van der Waals surface area contributed by atoms with Crippen molar-refractivity contribution in [3.8, 4) is 0 Å². The molecule has 0 aromatic rings. The number of amides is 1. The molecule has 1 rings (SSSR count). The van der Waals surface area contributed by atoms with Crippen LogP contribution in [0.2, 0.25) is 0 Å². The number of nitrogens with two attached hydrogens (primary N) is 1. The molecule has 1 aliphatic heterocycles. The molecule has 110 valence electrons. The molecule has 1 fully saturated rings. The van der Waals surface area contributed by atoms with Gasteiger partial charge in [-0.25, -0.2) is 4.79 Å². The van der Waals surface area contributed by atoms with Crippen molar-refractivity contribution in [1.29, 1.82) is 0 Å². The van der Waals surface area contributed by atoms with Crippen molar-refractivity contribution in [3.63, 3.8) is 0 Å². The van der Waals surface area contributed by atoms with Crippen LogP contribution >= 0.6 is 0 Å². The number of nitrogens with one attached hydrogen (secondary N) is 1. The van der Waals surface area contributed by atoms with E-state index in [4.69, 9.17) is 15.2 Å². The molecule has 4 atom stereocenters. The monoisotopic (exact) mass is 272 g/mol. The van der Waals surface area contributed by atoms with E-state index in [1.54, 1.807) is 0 Å². The van der Waals surface area contributed by atoms with Gasteiger partial charge in [-0.3, -0.25) is 4.79 Å². The summed E-state index contributed by atoms with van der Waals surface area (Å²) in [7, 11) is 1.32. The first-order chi connectivity index (χ1) is 9.03. The van der Waals surface area contributed by atoms with E-state index in [1.807, 2.05) is 13.8 Å². The molecule has 1 amide bonds. The van der Waals surface area contributed by atoms with Crippen molar-refractivity contribution in [1.82, 2.24) is 5.32 Å². The normalized spacial score (nSPS) is 25.7. The standard InChI is InChI=1S/C13H24N2O4/c1-4-8(2)11(13(17)18-3)15-12(16)10-6-5-9(7-14)19-10/h8-11H,4-7,14H2,1-3H3,(H,15,16)/t8-,9+,10-,11-/m0/s1. The lowest BCUT2D eigenvalue weighted by molar-refractivity contribution is -0.148. The second kappa shape index (κ2) is 7.45. The van der Waals surface area contributed by atoms with Crippen LogP contribution in [0.15, 0.2) is 0 Å². The molecule has 0 radical (unpaired) electrons. The molecule has 0 bridgehead atoms. The summed E-state index contributed by atoms with van der Waals surface area (Å²) in [5.41, 5.74) is 5.51. The predicted molar refractivity (Wildman–Crippen MR) is 70.4 cm³/mol. The van der Waals surface area contributed by atoms with Gasteiger partial charge in [-0.2, -0.15) is 0 Å². The maximum Gasteiger partial charge on any atom is 0.328 e. The molecule has 1 saturated heterocycles. The van der Waals surface area contributed by atoms with Gasteiger partial charge in [0.25, 0.3) is 0 Å². The van der Waals surface area contributed by atoms with Gasteiger partial charge in [0.2, 0.25) is 5.91 Å². The number of carbonyl (C=O) groups excluding carboxylic acids is 2. The molecular weight excluding hydrogens is 248 g/mol. The van der Waals surface area contributed by atoms with E-state index < -0.39 is 18.1 Å². The van der Waals surface area contributed by atoms with Gasteiger partial charge in [-0.1, -0.05) is 20.3 Å². The van der Waals surface area contributed by atoms with Gasteiger partial charge in [-0.15, -0.1) is 0 Å². The number of carbonyl (C=O) groups is 2. The summed E-state index contributed by atoms with van der Waals surface area (Å²) in [5, 5.41) is 2.73. The molecule has 1 aliphatic rings. The highest BCUT2D eigenvalue weighted by Gasteiger charge is 2.34. The highest BCUT2D eigenvalue weighted by atomic mass is 16.5. The van der Waals surface area contributed by atoms with E-state index >= 15 is 0 Å². The van der Waals surface area contributed by atoms with Crippen LogP contribution in [0.5, 0.6) is 0 Å². The van der Waals surface area contributed by atoms with Crippen molar-refractivity contribution in [2.45, 2.75) is 51.4 Å². The number of methoxy groups -OCH3 is 1. The summed E-state index contributed by atoms with van der Waals surface area (Å²) in [6.07, 6.45) is 1.63. The molecular formula is C13H24N2O4. The third-order valence-corrected chi connectivity index (χ3v) is 3.63. The van der Waals surface area contributed by atoms with Gasteiger partial charge in [0.15, 0.2) is 0 Å². The zero-order valence-corrected chi connectivity index (χ0v) is 11.8. The first kappa shape index (κ1) is 15.9. The molecule has 19 heavy (non-hydrogen) atoms. The fourth-order valence-corrected chi connectivity index (χ4v) is 2.11. The van der Waals surface area contributed by atoms with Crippen LogP contribution < -0.4 is 11.1 Å². The molecule has 6 nitrogen and oxygen atoms in total. The zero-order chi connectivity index (χ0) is 14.4. The van der Waals surface area contributed by atoms with E-state index in [2.05, 4.69) is 5.32 Å². The molecule has 0 aromatic heterocycles.